The molecule has 0 spiro atoms. The van der Waals surface area contributed by atoms with Gasteiger partial charge in [0.25, 0.3) is 0 Å². The van der Waals surface area contributed by atoms with Crippen LogP contribution in [0.4, 0.5) is 5.69 Å². The maximum atomic E-state index is 12.6. The fraction of sp³-hybridized carbons (Fsp3) is 0.300. The van der Waals surface area contributed by atoms with Crippen molar-refractivity contribution in [2.45, 2.75) is 19.4 Å². The van der Waals surface area contributed by atoms with Crippen LogP contribution in [0.3, 0.4) is 0 Å². The van der Waals surface area contributed by atoms with Crippen LogP contribution in [0.2, 0.25) is 0 Å². The van der Waals surface area contributed by atoms with Gasteiger partial charge in [-0.05, 0) is 49.2 Å². The van der Waals surface area contributed by atoms with Crippen LogP contribution in [-0.2, 0) is 11.3 Å². The second-order valence-electron chi connectivity index (χ2n) is 6.49. The molecule has 0 radical (unpaired) electrons. The van der Waals surface area contributed by atoms with E-state index in [0.717, 1.165) is 32.5 Å². The van der Waals surface area contributed by atoms with Crippen molar-refractivity contribution in [3.05, 3.63) is 65.7 Å². The average molecular weight is 337 g/mol. The Balaban J connectivity index is 1.57. The van der Waals surface area contributed by atoms with Crippen molar-refractivity contribution >= 4 is 17.5 Å². The summed E-state index contributed by atoms with van der Waals surface area (Å²) in [6.07, 6.45) is 1.92. The number of primary amides is 1. The van der Waals surface area contributed by atoms with Gasteiger partial charge in [-0.15, -0.1) is 0 Å². The highest BCUT2D eigenvalue weighted by atomic mass is 16.2. The van der Waals surface area contributed by atoms with Crippen molar-refractivity contribution in [3.8, 4) is 0 Å². The number of anilines is 1. The minimum Gasteiger partial charge on any atom is -0.366 e. The molecule has 2 amide bonds. The molecule has 1 atom stereocenters. The van der Waals surface area contributed by atoms with E-state index in [-0.39, 0.29) is 11.8 Å². The largest absolute Gasteiger partial charge is 0.366 e. The molecule has 0 aliphatic carbocycles. The van der Waals surface area contributed by atoms with E-state index in [1.165, 1.54) is 5.56 Å². The molecule has 3 N–H and O–H groups in total. The van der Waals surface area contributed by atoms with Crippen molar-refractivity contribution < 1.29 is 9.59 Å². The molecule has 5 nitrogen and oxygen atoms in total. The smallest absolute Gasteiger partial charge is 0.248 e. The summed E-state index contributed by atoms with van der Waals surface area (Å²) in [5.74, 6) is -0.459. The Morgan fingerprint density at radius 3 is 2.48 bits per heavy atom. The molecule has 130 valence electrons. The summed E-state index contributed by atoms with van der Waals surface area (Å²) in [4.78, 5) is 26.0. The molecule has 1 saturated heterocycles. The topological polar surface area (TPSA) is 75.4 Å². The highest BCUT2D eigenvalue weighted by Gasteiger charge is 2.25. The normalized spacial score (nSPS) is 17.8. The fourth-order valence-electron chi connectivity index (χ4n) is 3.22. The minimum atomic E-state index is -0.471. The molecule has 1 fully saturated rings. The number of carbonyl (C=O) groups excluding carboxylic acids is 2. The van der Waals surface area contributed by atoms with Crippen LogP contribution in [0.1, 0.15) is 28.8 Å². The molecule has 0 bridgehead atoms. The molecule has 3 rings (SSSR count). The molecule has 5 heteroatoms. The third-order valence-electron chi connectivity index (χ3n) is 4.56. The van der Waals surface area contributed by atoms with Crippen LogP contribution in [0, 0.1) is 5.92 Å². The number of amides is 2. The van der Waals surface area contributed by atoms with Crippen LogP contribution in [0.5, 0.6) is 0 Å². The van der Waals surface area contributed by atoms with Crippen molar-refractivity contribution in [1.82, 2.24) is 4.90 Å². The quantitative estimate of drug-likeness (QED) is 0.881. The number of nitrogens with zero attached hydrogens (tertiary/aromatic N) is 1. The van der Waals surface area contributed by atoms with Crippen molar-refractivity contribution in [2.24, 2.45) is 11.7 Å². The van der Waals surface area contributed by atoms with Gasteiger partial charge < -0.3 is 11.1 Å². The number of nitrogens with two attached hydrogens (primary N) is 1. The number of carbonyl (C=O) groups is 2. The monoisotopic (exact) mass is 337 g/mol. The molecule has 2 aromatic carbocycles. The molecule has 2 aromatic rings. The molecule has 1 aliphatic heterocycles. The van der Waals surface area contributed by atoms with E-state index >= 15 is 0 Å². The van der Waals surface area contributed by atoms with Gasteiger partial charge in [-0.2, -0.15) is 0 Å². The number of likely N-dealkylation sites (tertiary alicyclic amines) is 1. The van der Waals surface area contributed by atoms with E-state index < -0.39 is 5.91 Å². The van der Waals surface area contributed by atoms with Crippen LogP contribution < -0.4 is 11.1 Å². The maximum absolute atomic E-state index is 12.6. The van der Waals surface area contributed by atoms with Gasteiger partial charge in [0.2, 0.25) is 11.8 Å². The Morgan fingerprint density at radius 2 is 1.80 bits per heavy atom. The SMILES string of the molecule is NC(=O)c1ccc(NC(=O)C2CCCN(Cc3ccccc3)C2)cc1. The lowest BCUT2D eigenvalue weighted by molar-refractivity contribution is -0.121. The zero-order chi connectivity index (χ0) is 17.6. The summed E-state index contributed by atoms with van der Waals surface area (Å²) in [6.45, 7) is 2.66. The Labute approximate surface area is 147 Å². The molecular weight excluding hydrogens is 314 g/mol. The van der Waals surface area contributed by atoms with Gasteiger partial charge in [-0.1, -0.05) is 30.3 Å². The number of benzene rings is 2. The van der Waals surface area contributed by atoms with E-state index in [1.807, 2.05) is 18.2 Å². The van der Waals surface area contributed by atoms with Gasteiger partial charge in [0.05, 0.1) is 5.92 Å². The molecule has 0 aromatic heterocycles. The molecule has 1 aliphatic rings. The summed E-state index contributed by atoms with van der Waals surface area (Å²) < 4.78 is 0. The zero-order valence-corrected chi connectivity index (χ0v) is 14.2. The van der Waals surface area contributed by atoms with Crippen molar-refractivity contribution in [1.29, 1.82) is 0 Å². The predicted molar refractivity (Wildman–Crippen MR) is 98.0 cm³/mol. The van der Waals surface area contributed by atoms with E-state index in [9.17, 15) is 9.59 Å². The number of piperidine rings is 1. The first-order valence-electron chi connectivity index (χ1n) is 8.59. The number of nitrogens with one attached hydrogen (secondary N) is 1. The van der Waals surface area contributed by atoms with Crippen molar-refractivity contribution in [3.63, 3.8) is 0 Å². The first-order chi connectivity index (χ1) is 12.1. The van der Waals surface area contributed by atoms with Crippen molar-refractivity contribution in [2.75, 3.05) is 18.4 Å². The lowest BCUT2D eigenvalue weighted by Crippen LogP contribution is -2.40. The highest BCUT2D eigenvalue weighted by molar-refractivity contribution is 5.95. The Morgan fingerprint density at radius 1 is 1.08 bits per heavy atom. The lowest BCUT2D eigenvalue weighted by atomic mass is 9.96. The molecular formula is C20H23N3O2. The first kappa shape index (κ1) is 17.2. The molecule has 1 unspecified atom stereocenters. The second kappa shape index (κ2) is 7.94. The van der Waals surface area contributed by atoms with Crippen LogP contribution >= 0.6 is 0 Å². The van der Waals surface area contributed by atoms with E-state index in [2.05, 4.69) is 22.3 Å². The van der Waals surface area contributed by atoms with Gasteiger partial charge >= 0.3 is 0 Å². The van der Waals surface area contributed by atoms with E-state index in [4.69, 9.17) is 5.73 Å². The Hall–Kier alpha value is -2.66. The number of hydrogen-bond acceptors (Lipinski definition) is 3. The third-order valence-corrected chi connectivity index (χ3v) is 4.56. The lowest BCUT2D eigenvalue weighted by Gasteiger charge is -2.32. The average Bonchev–Trinajstić information content (AvgIpc) is 2.63. The Kier molecular flexibility index (Phi) is 5.46. The van der Waals surface area contributed by atoms with Crippen LogP contribution in [0.15, 0.2) is 54.6 Å². The maximum Gasteiger partial charge on any atom is 0.248 e. The molecule has 1 heterocycles. The van der Waals surface area contributed by atoms with Gasteiger partial charge in [0.15, 0.2) is 0 Å². The minimum absolute atomic E-state index is 0.0201. The second-order valence-corrected chi connectivity index (χ2v) is 6.49. The molecule has 0 saturated carbocycles. The van der Waals surface area contributed by atoms with E-state index in [0.29, 0.717) is 11.3 Å². The first-order valence-corrected chi connectivity index (χ1v) is 8.59. The standard InChI is InChI=1S/C20H23N3O2/c21-19(24)16-8-10-18(11-9-16)22-20(25)17-7-4-12-23(14-17)13-15-5-2-1-3-6-15/h1-3,5-6,8-11,17H,4,7,12-14H2,(H2,21,24)(H,22,25). The van der Waals surface area contributed by atoms with Gasteiger partial charge in [0.1, 0.15) is 0 Å². The summed E-state index contributed by atoms with van der Waals surface area (Å²) in [5.41, 5.74) is 7.62. The highest BCUT2D eigenvalue weighted by Crippen LogP contribution is 2.20. The van der Waals surface area contributed by atoms with E-state index in [1.54, 1.807) is 24.3 Å². The van der Waals surface area contributed by atoms with Gasteiger partial charge in [0, 0.05) is 24.3 Å². The summed E-state index contributed by atoms with van der Waals surface area (Å²) in [5, 5.41) is 2.94. The van der Waals surface area contributed by atoms with Crippen LogP contribution in [-0.4, -0.2) is 29.8 Å². The summed E-state index contributed by atoms with van der Waals surface area (Å²) in [6, 6.07) is 17.0. The van der Waals surface area contributed by atoms with Crippen LogP contribution in [0.25, 0.3) is 0 Å². The fourth-order valence-corrected chi connectivity index (χ4v) is 3.22. The summed E-state index contributed by atoms with van der Waals surface area (Å²) >= 11 is 0. The predicted octanol–water partition coefficient (Wildman–Crippen LogP) is 2.64. The summed E-state index contributed by atoms with van der Waals surface area (Å²) in [7, 11) is 0. The zero-order valence-electron chi connectivity index (χ0n) is 14.2. The Bertz CT molecular complexity index is 728. The van der Waals surface area contributed by atoms with Gasteiger partial charge in [-0.3, -0.25) is 14.5 Å². The third kappa shape index (κ3) is 4.67. The molecule has 25 heavy (non-hydrogen) atoms. The van der Waals surface area contributed by atoms with Gasteiger partial charge in [-0.25, -0.2) is 0 Å². The number of hydrogen-bond donors (Lipinski definition) is 2. The number of rotatable bonds is 5.